The normalized spacial score (nSPS) is 17.5. The number of hydrogen-bond donors (Lipinski definition) is 2. The molecule has 1 rings (SSSR count). The minimum absolute atomic E-state index is 0.125. The molecule has 7 heteroatoms. The van der Waals surface area contributed by atoms with Gasteiger partial charge in [0.1, 0.15) is 4.21 Å². The topological polar surface area (TPSA) is 69.9 Å². The van der Waals surface area contributed by atoms with Crippen molar-refractivity contribution in [2.75, 3.05) is 7.05 Å². The summed E-state index contributed by atoms with van der Waals surface area (Å²) in [5, 5.41) is 9.35. The first-order valence-corrected chi connectivity index (χ1v) is 6.40. The van der Waals surface area contributed by atoms with Gasteiger partial charge in [-0.15, -0.1) is 11.3 Å². The van der Waals surface area contributed by atoms with E-state index in [1.165, 1.54) is 20.0 Å². The molecule has 0 aliphatic heterocycles. The molecule has 0 bridgehead atoms. The quantitative estimate of drug-likeness (QED) is 0.853. The van der Waals surface area contributed by atoms with Crippen LogP contribution in [0.3, 0.4) is 0 Å². The second kappa shape index (κ2) is 4.16. The molecule has 0 aromatic carbocycles. The maximum atomic E-state index is 11.5. The Labute approximate surface area is 91.5 Å². The molecule has 2 N–H and O–H groups in total. The fraction of sp³-hybridized carbons (Fsp3) is 0.429. The molecule has 4 nitrogen and oxygen atoms in total. The van der Waals surface area contributed by atoms with Crippen LogP contribution in [0.1, 0.15) is 18.6 Å². The summed E-state index contributed by atoms with van der Waals surface area (Å²) in [6.07, 6.45) is -0.830. The molecule has 0 aliphatic rings. The number of hydrogen-bond acceptors (Lipinski definition) is 4. The van der Waals surface area contributed by atoms with Crippen LogP contribution in [0.25, 0.3) is 0 Å². The number of nitrogens with zero attached hydrogens (tertiary/aromatic N) is 1. The zero-order valence-corrected chi connectivity index (χ0v) is 9.99. The third-order valence-electron chi connectivity index (χ3n) is 1.63. The molecule has 0 saturated heterocycles. The van der Waals surface area contributed by atoms with Gasteiger partial charge in [0.25, 0.3) is 0 Å². The zero-order valence-electron chi connectivity index (χ0n) is 7.60. The Morgan fingerprint density at radius 2 is 2.29 bits per heavy atom. The van der Waals surface area contributed by atoms with E-state index in [9.17, 15) is 13.9 Å². The lowest BCUT2D eigenvalue weighted by Crippen LogP contribution is -2.01. The van der Waals surface area contributed by atoms with Gasteiger partial charge in [0, 0.05) is 12.6 Å². The van der Waals surface area contributed by atoms with Crippen LogP contribution >= 0.6 is 22.9 Å². The molecule has 0 aliphatic carbocycles. The Hall–Kier alpha value is -0.140. The first-order valence-electron chi connectivity index (χ1n) is 3.73. The molecule has 0 radical (unpaired) electrons. The Morgan fingerprint density at radius 1 is 1.71 bits per heavy atom. The van der Waals surface area contributed by atoms with Gasteiger partial charge >= 0.3 is 0 Å². The summed E-state index contributed by atoms with van der Waals surface area (Å²) in [6.45, 7) is 1.51. The van der Waals surface area contributed by atoms with E-state index in [1.54, 1.807) is 0 Å². The SMILES string of the molecule is CN=S(=O)(O)c1sc(Cl)cc1C(C)O. The van der Waals surface area contributed by atoms with Crippen LogP contribution in [0, 0.1) is 0 Å². The number of thiophene rings is 1. The summed E-state index contributed by atoms with van der Waals surface area (Å²) in [5.74, 6) is 0. The van der Waals surface area contributed by atoms with Gasteiger partial charge in [0.15, 0.2) is 0 Å². The van der Waals surface area contributed by atoms with Crippen LogP contribution in [-0.2, 0) is 10.0 Å². The van der Waals surface area contributed by atoms with Gasteiger partial charge in [0.05, 0.1) is 10.4 Å². The van der Waals surface area contributed by atoms with Crippen molar-refractivity contribution in [3.8, 4) is 0 Å². The van der Waals surface area contributed by atoms with E-state index in [2.05, 4.69) is 4.36 Å². The van der Waals surface area contributed by atoms with Crippen molar-refractivity contribution in [1.29, 1.82) is 0 Å². The Balaban J connectivity index is 3.42. The summed E-state index contributed by atoms with van der Waals surface area (Å²) in [5.41, 5.74) is 0.359. The van der Waals surface area contributed by atoms with E-state index >= 15 is 0 Å². The van der Waals surface area contributed by atoms with Gasteiger partial charge in [-0.3, -0.25) is 4.55 Å². The molecular weight excluding hydrogens is 246 g/mol. The third kappa shape index (κ3) is 2.26. The highest BCUT2D eigenvalue weighted by Gasteiger charge is 2.20. The van der Waals surface area contributed by atoms with Crippen LogP contribution in [0.5, 0.6) is 0 Å². The molecule has 2 atom stereocenters. The van der Waals surface area contributed by atoms with Gasteiger partial charge in [0.2, 0.25) is 10.0 Å². The summed E-state index contributed by atoms with van der Waals surface area (Å²) in [6, 6.07) is 1.48. The molecule has 1 heterocycles. The van der Waals surface area contributed by atoms with Crippen molar-refractivity contribution in [1.82, 2.24) is 0 Å². The lowest BCUT2D eigenvalue weighted by atomic mass is 10.2. The smallest absolute Gasteiger partial charge is 0.200 e. The number of aliphatic hydroxyl groups is 1. The predicted molar refractivity (Wildman–Crippen MR) is 57.4 cm³/mol. The van der Waals surface area contributed by atoms with E-state index < -0.39 is 16.1 Å². The summed E-state index contributed by atoms with van der Waals surface area (Å²) in [7, 11) is -2.15. The maximum absolute atomic E-state index is 11.5. The lowest BCUT2D eigenvalue weighted by Gasteiger charge is -2.05. The van der Waals surface area contributed by atoms with E-state index in [-0.39, 0.29) is 4.21 Å². The minimum atomic E-state index is -3.40. The van der Waals surface area contributed by atoms with Gasteiger partial charge in [-0.05, 0) is 13.0 Å². The molecule has 0 fully saturated rings. The third-order valence-corrected chi connectivity index (χ3v) is 4.82. The van der Waals surface area contributed by atoms with Crippen molar-refractivity contribution < 1.29 is 13.9 Å². The van der Waals surface area contributed by atoms with Crippen molar-refractivity contribution in [3.05, 3.63) is 16.0 Å². The minimum Gasteiger partial charge on any atom is -0.389 e. The predicted octanol–water partition coefficient (Wildman–Crippen LogP) is 2.38. The van der Waals surface area contributed by atoms with Crippen LogP contribution in [0.2, 0.25) is 4.34 Å². The summed E-state index contributed by atoms with van der Waals surface area (Å²) >= 11 is 6.66. The molecule has 14 heavy (non-hydrogen) atoms. The molecule has 0 spiro atoms. The summed E-state index contributed by atoms with van der Waals surface area (Å²) < 4.78 is 24.8. The number of aliphatic hydroxyl groups excluding tert-OH is 1. The highest BCUT2D eigenvalue weighted by Crippen LogP contribution is 2.34. The molecular formula is C7H10ClNO3S2. The largest absolute Gasteiger partial charge is 0.389 e. The monoisotopic (exact) mass is 255 g/mol. The van der Waals surface area contributed by atoms with Crippen molar-refractivity contribution in [2.24, 2.45) is 4.36 Å². The van der Waals surface area contributed by atoms with Crippen LogP contribution in [0.4, 0.5) is 0 Å². The van der Waals surface area contributed by atoms with E-state index in [4.69, 9.17) is 11.6 Å². The van der Waals surface area contributed by atoms with Crippen molar-refractivity contribution in [2.45, 2.75) is 17.2 Å². The van der Waals surface area contributed by atoms with E-state index in [1.807, 2.05) is 0 Å². The Kier molecular flexibility index (Phi) is 3.54. The van der Waals surface area contributed by atoms with Crippen LogP contribution in [0.15, 0.2) is 14.6 Å². The average Bonchev–Trinajstić information content (AvgIpc) is 2.48. The van der Waals surface area contributed by atoms with Gasteiger partial charge in [-0.25, -0.2) is 8.57 Å². The van der Waals surface area contributed by atoms with Gasteiger partial charge < -0.3 is 5.11 Å². The molecule has 2 unspecified atom stereocenters. The second-order valence-electron chi connectivity index (χ2n) is 2.65. The summed E-state index contributed by atoms with van der Waals surface area (Å²) in [4.78, 5) is 0. The fourth-order valence-corrected chi connectivity index (χ4v) is 3.77. The van der Waals surface area contributed by atoms with E-state index in [0.29, 0.717) is 9.90 Å². The fourth-order valence-electron chi connectivity index (χ4n) is 0.940. The van der Waals surface area contributed by atoms with Gasteiger partial charge in [-0.1, -0.05) is 11.6 Å². The highest BCUT2D eigenvalue weighted by atomic mass is 35.5. The molecule has 1 aromatic rings. The van der Waals surface area contributed by atoms with Crippen molar-refractivity contribution >= 4 is 32.9 Å². The molecule has 0 saturated carbocycles. The number of rotatable bonds is 2. The molecule has 0 amide bonds. The maximum Gasteiger partial charge on any atom is 0.200 e. The zero-order chi connectivity index (χ0) is 10.9. The first kappa shape index (κ1) is 11.9. The average molecular weight is 256 g/mol. The van der Waals surface area contributed by atoms with Crippen LogP contribution in [-0.4, -0.2) is 20.9 Å². The standard InChI is InChI=1S/C7H10ClNO3S2/c1-4(10)5-3-6(8)13-7(5)14(11,12)9-2/h3-4,10H,1-2H3,(H,9,11,12). The molecule has 1 aromatic heterocycles. The van der Waals surface area contributed by atoms with Crippen LogP contribution < -0.4 is 0 Å². The molecule has 80 valence electrons. The first-order chi connectivity index (χ1) is 6.38. The Morgan fingerprint density at radius 3 is 2.71 bits per heavy atom. The second-order valence-corrected chi connectivity index (χ2v) is 6.36. The number of halogens is 1. The van der Waals surface area contributed by atoms with E-state index in [0.717, 1.165) is 11.3 Å². The van der Waals surface area contributed by atoms with Crippen molar-refractivity contribution in [3.63, 3.8) is 0 Å². The van der Waals surface area contributed by atoms with Gasteiger partial charge in [-0.2, -0.15) is 0 Å². The highest BCUT2D eigenvalue weighted by molar-refractivity contribution is 7.90. The Bertz CT molecular complexity index is 446. The lowest BCUT2D eigenvalue weighted by molar-refractivity contribution is 0.197.